The molecule has 2 N–H and O–H groups in total. The summed E-state index contributed by atoms with van der Waals surface area (Å²) in [5.74, 6) is 0.219. The minimum absolute atomic E-state index is 0.00875. The molecule has 4 rings (SSSR count). The molecule has 1 atom stereocenters. The van der Waals surface area contributed by atoms with Crippen molar-refractivity contribution in [3.63, 3.8) is 0 Å². The molecule has 1 aliphatic rings. The van der Waals surface area contributed by atoms with E-state index < -0.39 is 18.3 Å². The maximum atomic E-state index is 12.8. The summed E-state index contributed by atoms with van der Waals surface area (Å²) in [5.41, 5.74) is 0.351. The Bertz CT molecular complexity index is 1040. The normalized spacial score (nSPS) is 16.1. The van der Waals surface area contributed by atoms with Gasteiger partial charge in [-0.3, -0.25) is 4.79 Å². The van der Waals surface area contributed by atoms with Crippen LogP contribution < -0.4 is 10.1 Å². The number of tetrazole rings is 1. The molecule has 1 aromatic heterocycles. The second-order valence-corrected chi connectivity index (χ2v) is 7.74. The lowest BCUT2D eigenvalue weighted by atomic mass is 9.96. The van der Waals surface area contributed by atoms with Gasteiger partial charge in [0, 0.05) is 5.56 Å². The van der Waals surface area contributed by atoms with Crippen LogP contribution in [0.1, 0.15) is 53.5 Å². The fourth-order valence-corrected chi connectivity index (χ4v) is 3.91. The third-order valence-electron chi connectivity index (χ3n) is 5.55. The SMILES string of the molecule is O=C(NC1(c2nnn(CC(O)c3ccc(OC(F)F)cc3)n2)CCCC1)c1ccccc1. The zero-order valence-electron chi connectivity index (χ0n) is 17.2. The fraction of sp³-hybridized carbons (Fsp3) is 0.364. The van der Waals surface area contributed by atoms with E-state index in [1.165, 1.54) is 29.1 Å². The Morgan fingerprint density at radius 1 is 1.12 bits per heavy atom. The third-order valence-corrected chi connectivity index (χ3v) is 5.55. The van der Waals surface area contributed by atoms with Gasteiger partial charge in [-0.05, 0) is 47.9 Å². The number of aromatic nitrogens is 4. The smallest absolute Gasteiger partial charge is 0.387 e. The first kappa shape index (κ1) is 21.8. The average Bonchev–Trinajstić information content (AvgIpc) is 3.45. The van der Waals surface area contributed by atoms with Gasteiger partial charge in [0.05, 0.1) is 6.54 Å². The van der Waals surface area contributed by atoms with Crippen molar-refractivity contribution < 1.29 is 23.4 Å². The molecule has 2 aromatic carbocycles. The number of hydrogen-bond donors (Lipinski definition) is 2. The highest BCUT2D eigenvalue weighted by Crippen LogP contribution is 2.37. The number of alkyl halides is 2. The van der Waals surface area contributed by atoms with Crippen LogP contribution in [0, 0.1) is 0 Å². The van der Waals surface area contributed by atoms with Crippen LogP contribution in [0.2, 0.25) is 0 Å². The lowest BCUT2D eigenvalue weighted by Crippen LogP contribution is -2.44. The summed E-state index contributed by atoms with van der Waals surface area (Å²) >= 11 is 0. The zero-order chi connectivity index (χ0) is 22.6. The summed E-state index contributed by atoms with van der Waals surface area (Å²) in [7, 11) is 0. The maximum Gasteiger partial charge on any atom is 0.387 e. The van der Waals surface area contributed by atoms with Crippen molar-refractivity contribution in [1.29, 1.82) is 0 Å². The molecule has 32 heavy (non-hydrogen) atoms. The molecule has 0 radical (unpaired) electrons. The van der Waals surface area contributed by atoms with E-state index in [0.29, 0.717) is 29.8 Å². The molecule has 1 heterocycles. The number of carbonyl (C=O) groups excluding carboxylic acids is 1. The summed E-state index contributed by atoms with van der Waals surface area (Å²) in [4.78, 5) is 14.0. The van der Waals surface area contributed by atoms with Gasteiger partial charge in [-0.2, -0.15) is 13.6 Å². The predicted molar refractivity (Wildman–Crippen MR) is 110 cm³/mol. The first-order chi connectivity index (χ1) is 15.4. The van der Waals surface area contributed by atoms with E-state index in [2.05, 4.69) is 25.5 Å². The minimum Gasteiger partial charge on any atom is -0.435 e. The molecule has 8 nitrogen and oxygen atoms in total. The van der Waals surface area contributed by atoms with Gasteiger partial charge in [-0.1, -0.05) is 43.2 Å². The molecule has 0 spiro atoms. The summed E-state index contributed by atoms with van der Waals surface area (Å²) in [6.07, 6.45) is 2.28. The van der Waals surface area contributed by atoms with Gasteiger partial charge in [0.1, 0.15) is 17.4 Å². The molecule has 0 aliphatic heterocycles. The van der Waals surface area contributed by atoms with Gasteiger partial charge in [-0.25, -0.2) is 0 Å². The summed E-state index contributed by atoms with van der Waals surface area (Å²) in [5, 5.41) is 26.2. The van der Waals surface area contributed by atoms with Crippen LogP contribution in [-0.2, 0) is 12.1 Å². The van der Waals surface area contributed by atoms with Gasteiger partial charge in [-0.15, -0.1) is 10.2 Å². The molecule has 0 saturated heterocycles. The van der Waals surface area contributed by atoms with E-state index >= 15 is 0 Å². The molecule has 1 unspecified atom stereocenters. The number of nitrogens with one attached hydrogen (secondary N) is 1. The van der Waals surface area contributed by atoms with Gasteiger partial charge in [0.25, 0.3) is 5.91 Å². The number of ether oxygens (including phenoxy) is 1. The number of halogens is 2. The number of amides is 1. The number of carbonyl (C=O) groups is 1. The lowest BCUT2D eigenvalue weighted by molar-refractivity contribution is -0.0498. The molecule has 0 bridgehead atoms. The van der Waals surface area contributed by atoms with Gasteiger partial charge in [0.2, 0.25) is 0 Å². The van der Waals surface area contributed by atoms with Gasteiger partial charge in [0.15, 0.2) is 5.82 Å². The maximum absolute atomic E-state index is 12.8. The molecule has 1 amide bonds. The van der Waals surface area contributed by atoms with Crippen molar-refractivity contribution in [2.75, 3.05) is 0 Å². The third kappa shape index (κ3) is 4.91. The molecule has 3 aromatic rings. The quantitative estimate of drug-likeness (QED) is 0.554. The molecule has 10 heteroatoms. The number of aliphatic hydroxyl groups excluding tert-OH is 1. The second kappa shape index (κ2) is 9.39. The highest BCUT2D eigenvalue weighted by atomic mass is 19.3. The van der Waals surface area contributed by atoms with Crippen LogP contribution in [0.5, 0.6) is 5.75 Å². The number of nitrogens with zero attached hydrogens (tertiary/aromatic N) is 4. The predicted octanol–water partition coefficient (Wildman–Crippen LogP) is 3.21. The molecule has 168 valence electrons. The highest BCUT2D eigenvalue weighted by molar-refractivity contribution is 5.94. The van der Waals surface area contributed by atoms with Crippen LogP contribution in [0.25, 0.3) is 0 Å². The van der Waals surface area contributed by atoms with E-state index in [0.717, 1.165) is 12.8 Å². The molecule has 1 aliphatic carbocycles. The Hall–Kier alpha value is -3.40. The van der Waals surface area contributed by atoms with Crippen molar-refractivity contribution in [3.05, 3.63) is 71.5 Å². The van der Waals surface area contributed by atoms with Crippen LogP contribution >= 0.6 is 0 Å². The number of benzene rings is 2. The first-order valence-corrected chi connectivity index (χ1v) is 10.3. The van der Waals surface area contributed by atoms with Crippen molar-refractivity contribution in [1.82, 2.24) is 25.5 Å². The summed E-state index contributed by atoms with van der Waals surface area (Å²) in [6, 6.07) is 14.7. The molecule has 1 fully saturated rings. The Balaban J connectivity index is 1.46. The van der Waals surface area contributed by atoms with E-state index in [1.807, 2.05) is 6.07 Å². The van der Waals surface area contributed by atoms with Gasteiger partial charge >= 0.3 is 6.61 Å². The Morgan fingerprint density at radius 3 is 2.47 bits per heavy atom. The highest BCUT2D eigenvalue weighted by Gasteiger charge is 2.41. The number of hydrogen-bond acceptors (Lipinski definition) is 6. The molecular formula is C22H23F2N5O3. The Kier molecular flexibility index (Phi) is 6.40. The van der Waals surface area contributed by atoms with E-state index in [-0.39, 0.29) is 18.2 Å². The topological polar surface area (TPSA) is 102 Å². The fourth-order valence-electron chi connectivity index (χ4n) is 3.91. The molecule has 1 saturated carbocycles. The zero-order valence-corrected chi connectivity index (χ0v) is 17.2. The van der Waals surface area contributed by atoms with Crippen molar-refractivity contribution in [2.45, 2.75) is 50.5 Å². The van der Waals surface area contributed by atoms with Crippen LogP contribution in [0.15, 0.2) is 54.6 Å². The van der Waals surface area contributed by atoms with Crippen LogP contribution in [0.4, 0.5) is 8.78 Å². The first-order valence-electron chi connectivity index (χ1n) is 10.3. The summed E-state index contributed by atoms with van der Waals surface area (Å²) < 4.78 is 28.9. The minimum atomic E-state index is -2.91. The van der Waals surface area contributed by atoms with Crippen LogP contribution in [0.3, 0.4) is 0 Å². The number of aliphatic hydroxyl groups is 1. The van der Waals surface area contributed by atoms with Crippen molar-refractivity contribution in [3.8, 4) is 5.75 Å². The van der Waals surface area contributed by atoms with Gasteiger partial charge < -0.3 is 15.2 Å². The molecular weight excluding hydrogens is 420 g/mol. The number of rotatable bonds is 8. The van der Waals surface area contributed by atoms with E-state index in [1.54, 1.807) is 24.3 Å². The van der Waals surface area contributed by atoms with E-state index in [4.69, 9.17) is 0 Å². The van der Waals surface area contributed by atoms with Crippen LogP contribution in [-0.4, -0.2) is 37.8 Å². The Morgan fingerprint density at radius 2 is 1.81 bits per heavy atom. The Labute approximate surface area is 183 Å². The van der Waals surface area contributed by atoms with E-state index in [9.17, 15) is 18.7 Å². The average molecular weight is 443 g/mol. The lowest BCUT2D eigenvalue weighted by Gasteiger charge is -2.26. The second-order valence-electron chi connectivity index (χ2n) is 7.74. The van der Waals surface area contributed by atoms with Crippen molar-refractivity contribution >= 4 is 5.91 Å². The standard InChI is InChI=1S/C22H23F2N5O3/c23-21(24)32-17-10-8-15(9-11-17)18(30)14-29-27-20(26-28-29)22(12-4-5-13-22)25-19(31)16-6-2-1-3-7-16/h1-3,6-11,18,21,30H,4-5,12-14H2,(H,25,31). The summed E-state index contributed by atoms with van der Waals surface area (Å²) in [6.45, 7) is -2.89. The monoisotopic (exact) mass is 443 g/mol. The van der Waals surface area contributed by atoms with Crippen molar-refractivity contribution in [2.24, 2.45) is 0 Å². The largest absolute Gasteiger partial charge is 0.435 e.